The van der Waals surface area contributed by atoms with Crippen LogP contribution in [-0.4, -0.2) is 54.4 Å². The highest BCUT2D eigenvalue weighted by Crippen LogP contribution is 2.26. The van der Waals surface area contributed by atoms with Crippen LogP contribution in [0.15, 0.2) is 30.3 Å². The summed E-state index contributed by atoms with van der Waals surface area (Å²) >= 11 is 0. The third-order valence-corrected chi connectivity index (χ3v) is 5.38. The molecule has 0 spiro atoms. The van der Waals surface area contributed by atoms with E-state index in [9.17, 15) is 24.4 Å². The zero-order valence-electron chi connectivity index (χ0n) is 18.4. The normalized spacial score (nSPS) is 14.6. The Balaban J connectivity index is 3.27. The van der Waals surface area contributed by atoms with Crippen molar-refractivity contribution in [1.29, 1.82) is 0 Å². The first-order chi connectivity index (χ1) is 14.9. The second-order valence-electron chi connectivity index (χ2n) is 7.48. The predicted molar refractivity (Wildman–Crippen MR) is 116 cm³/mol. The van der Waals surface area contributed by atoms with Gasteiger partial charge in [0, 0.05) is 19.9 Å². The summed E-state index contributed by atoms with van der Waals surface area (Å²) in [6, 6.07) is 8.40. The molecule has 0 aliphatic heterocycles. The molecular weight excluding hydrogens is 400 g/mol. The number of amides is 3. The summed E-state index contributed by atoms with van der Waals surface area (Å²) in [5.41, 5.74) is 1.07. The smallest absolute Gasteiger partial charge is 0.248 e. The molecule has 0 aliphatic rings. The molecule has 0 saturated carbocycles. The molecule has 9 heteroatoms. The number of likely N-dealkylation sites (N-methyl/N-ethyl adjacent to an activating group) is 1. The molecule has 0 saturated heterocycles. The van der Waals surface area contributed by atoms with Crippen molar-refractivity contribution in [2.24, 2.45) is 5.92 Å². The van der Waals surface area contributed by atoms with Gasteiger partial charge in [-0.2, -0.15) is 0 Å². The van der Waals surface area contributed by atoms with Crippen LogP contribution in [0.5, 0.6) is 0 Å². The van der Waals surface area contributed by atoms with Crippen molar-refractivity contribution in [1.82, 2.24) is 21.4 Å². The lowest BCUT2D eigenvalue weighted by molar-refractivity contribution is -0.143. The Kier molecular flexibility index (Phi) is 11.4. The lowest BCUT2D eigenvalue weighted by atomic mass is 9.78. The Morgan fingerprint density at radius 2 is 1.84 bits per heavy atom. The molecule has 0 heterocycles. The van der Waals surface area contributed by atoms with Crippen molar-refractivity contribution in [3.63, 3.8) is 0 Å². The number of nitrogens with one attached hydrogen (secondary N) is 4. The monoisotopic (exact) mass is 434 g/mol. The van der Waals surface area contributed by atoms with Crippen LogP contribution in [0.4, 0.5) is 0 Å². The van der Waals surface area contributed by atoms with Crippen LogP contribution in [-0.2, 0) is 25.6 Å². The molecule has 1 aromatic carbocycles. The molecule has 3 atom stereocenters. The zero-order valence-corrected chi connectivity index (χ0v) is 18.4. The number of carbonyl (C=O) groups is 4. The second-order valence-corrected chi connectivity index (χ2v) is 7.48. The molecule has 5 N–H and O–H groups in total. The maximum Gasteiger partial charge on any atom is 0.248 e. The fourth-order valence-electron chi connectivity index (χ4n) is 3.50. The molecule has 1 rings (SSSR count). The van der Waals surface area contributed by atoms with Crippen molar-refractivity contribution in [2.75, 3.05) is 13.6 Å². The minimum Gasteiger partial charge on any atom is -0.357 e. The predicted octanol–water partition coefficient (Wildman–Crippen LogP) is 0.709. The summed E-state index contributed by atoms with van der Waals surface area (Å²) in [5.74, 6) is -2.59. The number of benzene rings is 1. The van der Waals surface area contributed by atoms with Gasteiger partial charge in [-0.25, -0.2) is 5.48 Å². The van der Waals surface area contributed by atoms with Crippen molar-refractivity contribution in [2.45, 2.75) is 57.5 Å². The van der Waals surface area contributed by atoms with Crippen LogP contribution in [0.1, 0.15) is 45.1 Å². The Morgan fingerprint density at radius 1 is 1.16 bits per heavy atom. The van der Waals surface area contributed by atoms with E-state index in [0.29, 0.717) is 19.4 Å². The van der Waals surface area contributed by atoms with Gasteiger partial charge in [0.15, 0.2) is 0 Å². The van der Waals surface area contributed by atoms with E-state index < -0.39 is 29.3 Å². The number of aldehydes is 1. The zero-order chi connectivity index (χ0) is 23.3. The minimum atomic E-state index is -1.41. The summed E-state index contributed by atoms with van der Waals surface area (Å²) in [7, 11) is 1.49. The van der Waals surface area contributed by atoms with Gasteiger partial charge >= 0.3 is 0 Å². The van der Waals surface area contributed by atoms with Crippen molar-refractivity contribution in [3.05, 3.63) is 35.9 Å². The topological polar surface area (TPSA) is 137 Å². The van der Waals surface area contributed by atoms with E-state index in [-0.39, 0.29) is 25.2 Å². The standard InChI is InChI=1S/C22H34N4O5/c1-4-13-24-22(12-8-9-14-27,16(2)19(28)26-31)21(30)25-18(20(29)23-3)15-17-10-6-5-7-11-17/h5-7,10-11,14,16,18,24,31H,4,8-9,12-13,15H2,1-3H3,(H,23,29)(H,25,30)(H,26,28)/t16-,18+,22-/m1/s1. The first kappa shape index (κ1) is 26.3. The average molecular weight is 435 g/mol. The lowest BCUT2D eigenvalue weighted by Gasteiger charge is -2.38. The fourth-order valence-corrected chi connectivity index (χ4v) is 3.50. The first-order valence-electron chi connectivity index (χ1n) is 10.5. The molecule has 9 nitrogen and oxygen atoms in total. The van der Waals surface area contributed by atoms with E-state index in [1.54, 1.807) is 5.48 Å². The lowest BCUT2D eigenvalue weighted by Crippen LogP contribution is -2.66. The van der Waals surface area contributed by atoms with Crippen LogP contribution in [0.3, 0.4) is 0 Å². The summed E-state index contributed by atoms with van der Waals surface area (Å²) < 4.78 is 0. The van der Waals surface area contributed by atoms with Gasteiger partial charge in [0.2, 0.25) is 17.7 Å². The Morgan fingerprint density at radius 3 is 2.39 bits per heavy atom. The number of unbranched alkanes of at least 4 members (excludes halogenated alkanes) is 1. The number of rotatable bonds is 14. The van der Waals surface area contributed by atoms with Crippen LogP contribution >= 0.6 is 0 Å². The fraction of sp³-hybridized carbons (Fsp3) is 0.545. The van der Waals surface area contributed by atoms with Crippen molar-refractivity contribution in [3.8, 4) is 0 Å². The van der Waals surface area contributed by atoms with E-state index in [1.807, 2.05) is 37.3 Å². The van der Waals surface area contributed by atoms with Crippen LogP contribution in [0.2, 0.25) is 0 Å². The van der Waals surface area contributed by atoms with Crippen LogP contribution in [0.25, 0.3) is 0 Å². The highest BCUT2D eigenvalue weighted by atomic mass is 16.5. The quantitative estimate of drug-likeness (QED) is 0.127. The third-order valence-electron chi connectivity index (χ3n) is 5.38. The highest BCUT2D eigenvalue weighted by Gasteiger charge is 2.46. The molecule has 0 bridgehead atoms. The summed E-state index contributed by atoms with van der Waals surface area (Å²) in [5, 5.41) is 17.7. The molecule has 0 radical (unpaired) electrons. The SMILES string of the molecule is CCCN[C@@](CCCC=O)(C(=O)N[C@@H](Cc1ccccc1)C(=O)NC)[C@H](C)C(=O)NO. The molecule has 172 valence electrons. The van der Waals surface area contributed by atoms with Gasteiger partial charge in [-0.1, -0.05) is 44.2 Å². The van der Waals surface area contributed by atoms with Gasteiger partial charge in [-0.15, -0.1) is 0 Å². The molecule has 1 aromatic rings. The van der Waals surface area contributed by atoms with E-state index in [4.69, 9.17) is 0 Å². The summed E-state index contributed by atoms with van der Waals surface area (Å²) in [4.78, 5) is 49.2. The molecule has 0 fully saturated rings. The number of hydroxylamine groups is 1. The van der Waals surface area contributed by atoms with Gasteiger partial charge in [0.05, 0.1) is 5.92 Å². The van der Waals surface area contributed by atoms with Crippen LogP contribution < -0.4 is 21.4 Å². The molecule has 0 unspecified atom stereocenters. The largest absolute Gasteiger partial charge is 0.357 e. The van der Waals surface area contributed by atoms with E-state index in [0.717, 1.165) is 11.8 Å². The van der Waals surface area contributed by atoms with E-state index >= 15 is 0 Å². The summed E-state index contributed by atoms with van der Waals surface area (Å²) in [6.45, 7) is 3.88. The Hall–Kier alpha value is -2.78. The van der Waals surface area contributed by atoms with Gasteiger partial charge in [-0.05, 0) is 31.4 Å². The van der Waals surface area contributed by atoms with Crippen molar-refractivity contribution < 1.29 is 24.4 Å². The Bertz CT molecular complexity index is 728. The maximum absolute atomic E-state index is 13.5. The number of hydrogen-bond donors (Lipinski definition) is 5. The molecule has 3 amide bonds. The van der Waals surface area contributed by atoms with E-state index in [2.05, 4.69) is 16.0 Å². The Labute approximate surface area is 183 Å². The number of carbonyl (C=O) groups excluding carboxylic acids is 4. The van der Waals surface area contributed by atoms with Crippen LogP contribution in [0, 0.1) is 5.92 Å². The van der Waals surface area contributed by atoms with Gasteiger partial charge in [0.1, 0.15) is 17.9 Å². The average Bonchev–Trinajstić information content (AvgIpc) is 2.80. The molecular formula is C22H34N4O5. The molecule has 0 aliphatic carbocycles. The van der Waals surface area contributed by atoms with Gasteiger partial charge in [0.25, 0.3) is 0 Å². The minimum absolute atomic E-state index is 0.179. The van der Waals surface area contributed by atoms with Gasteiger partial charge < -0.3 is 20.7 Å². The van der Waals surface area contributed by atoms with Gasteiger partial charge in [-0.3, -0.25) is 19.6 Å². The summed E-state index contributed by atoms with van der Waals surface area (Å²) in [6.07, 6.45) is 2.48. The molecule has 0 aromatic heterocycles. The van der Waals surface area contributed by atoms with E-state index in [1.165, 1.54) is 14.0 Å². The third kappa shape index (κ3) is 7.45. The maximum atomic E-state index is 13.5. The van der Waals surface area contributed by atoms with Crippen molar-refractivity contribution >= 4 is 24.0 Å². The molecule has 31 heavy (non-hydrogen) atoms. The highest BCUT2D eigenvalue weighted by molar-refractivity contribution is 5.96. The second kappa shape index (κ2) is 13.5. The number of hydrogen-bond acceptors (Lipinski definition) is 6. The first-order valence-corrected chi connectivity index (χ1v) is 10.5.